The number of nitro groups is 1. The average molecular weight is 282 g/mol. The molecule has 1 aromatic heterocycles. The van der Waals surface area contributed by atoms with E-state index in [1.54, 1.807) is 24.3 Å². The third-order valence-corrected chi connectivity index (χ3v) is 2.43. The molecule has 0 saturated carbocycles. The summed E-state index contributed by atoms with van der Waals surface area (Å²) in [4.78, 5) is 17.4. The molecule has 0 unspecified atom stereocenters. The van der Waals surface area contributed by atoms with Crippen LogP contribution in [-0.2, 0) is 6.61 Å². The van der Waals surface area contributed by atoms with E-state index in [0.29, 0.717) is 5.56 Å². The Balaban J connectivity index is 2.42. The lowest BCUT2D eigenvalue weighted by atomic mass is 10.2. The molecule has 1 aromatic carbocycles. The molecule has 2 aromatic rings. The van der Waals surface area contributed by atoms with Gasteiger partial charge in [0.25, 0.3) is 0 Å². The molecular formula is C11H8ClN3O4. The fourth-order valence-electron chi connectivity index (χ4n) is 1.38. The zero-order valence-corrected chi connectivity index (χ0v) is 10.2. The molecule has 0 bridgehead atoms. The van der Waals surface area contributed by atoms with E-state index < -0.39 is 10.6 Å². The molecule has 8 heteroatoms. The van der Waals surface area contributed by atoms with Crippen LogP contribution in [0.15, 0.2) is 30.5 Å². The number of ether oxygens (including phenoxy) is 1. The van der Waals surface area contributed by atoms with E-state index in [2.05, 4.69) is 9.97 Å². The Morgan fingerprint density at radius 2 is 2.16 bits per heavy atom. The number of rotatable bonds is 4. The Bertz CT molecular complexity index is 621. The summed E-state index contributed by atoms with van der Waals surface area (Å²) in [5.41, 5.74) is 0.0728. The molecule has 0 amide bonds. The lowest BCUT2D eigenvalue weighted by Gasteiger charge is -2.08. The highest BCUT2D eigenvalue weighted by Crippen LogP contribution is 2.31. The third-order valence-electron chi connectivity index (χ3n) is 2.25. The van der Waals surface area contributed by atoms with Gasteiger partial charge in [-0.25, -0.2) is 4.98 Å². The normalized spacial score (nSPS) is 10.2. The second-order valence-corrected chi connectivity index (χ2v) is 3.79. The standard InChI is InChI=1S/C11H8ClN3O4/c12-11-13-5-8(15(17)18)10(14-11)19-9-4-2-1-3-7(9)6-16/h1-5,16H,6H2. The van der Waals surface area contributed by atoms with Gasteiger partial charge in [-0.05, 0) is 17.7 Å². The van der Waals surface area contributed by atoms with Gasteiger partial charge in [0.15, 0.2) is 0 Å². The van der Waals surface area contributed by atoms with Crippen LogP contribution in [0.4, 0.5) is 5.69 Å². The van der Waals surface area contributed by atoms with E-state index >= 15 is 0 Å². The van der Waals surface area contributed by atoms with Crippen molar-refractivity contribution in [2.75, 3.05) is 0 Å². The van der Waals surface area contributed by atoms with Crippen LogP contribution in [0.25, 0.3) is 0 Å². The first-order chi connectivity index (χ1) is 9.11. The zero-order chi connectivity index (χ0) is 13.8. The van der Waals surface area contributed by atoms with Gasteiger partial charge in [-0.3, -0.25) is 10.1 Å². The highest BCUT2D eigenvalue weighted by molar-refractivity contribution is 6.28. The van der Waals surface area contributed by atoms with Crippen molar-refractivity contribution in [3.05, 3.63) is 51.4 Å². The monoisotopic (exact) mass is 281 g/mol. The van der Waals surface area contributed by atoms with Crippen molar-refractivity contribution in [2.45, 2.75) is 6.61 Å². The van der Waals surface area contributed by atoms with Crippen LogP contribution in [-0.4, -0.2) is 20.0 Å². The number of hydrogen-bond acceptors (Lipinski definition) is 6. The highest BCUT2D eigenvalue weighted by Gasteiger charge is 2.20. The molecule has 0 aliphatic heterocycles. The minimum atomic E-state index is -0.673. The third kappa shape index (κ3) is 2.95. The summed E-state index contributed by atoms with van der Waals surface area (Å²) in [6.07, 6.45) is 0.965. The molecule has 98 valence electrons. The topological polar surface area (TPSA) is 98.4 Å². The van der Waals surface area contributed by atoms with Crippen molar-refractivity contribution in [3.8, 4) is 11.6 Å². The number of hydrogen-bond donors (Lipinski definition) is 1. The molecular weight excluding hydrogens is 274 g/mol. The van der Waals surface area contributed by atoms with Crippen LogP contribution in [0, 0.1) is 10.1 Å². The second-order valence-electron chi connectivity index (χ2n) is 3.45. The van der Waals surface area contributed by atoms with E-state index in [1.807, 2.05) is 0 Å². The Kier molecular flexibility index (Phi) is 3.88. The van der Waals surface area contributed by atoms with Crippen LogP contribution in [0.2, 0.25) is 5.28 Å². The molecule has 0 atom stereocenters. The fourth-order valence-corrected chi connectivity index (χ4v) is 1.50. The van der Waals surface area contributed by atoms with Crippen molar-refractivity contribution >= 4 is 17.3 Å². The minimum absolute atomic E-state index is 0.165. The molecule has 0 fully saturated rings. The van der Waals surface area contributed by atoms with Gasteiger partial charge in [0.2, 0.25) is 5.28 Å². The molecule has 0 spiro atoms. The number of aromatic nitrogens is 2. The Labute approximate surface area is 112 Å². The maximum atomic E-state index is 10.8. The SMILES string of the molecule is O=[N+]([O-])c1cnc(Cl)nc1Oc1ccccc1CO. The van der Waals surface area contributed by atoms with Gasteiger partial charge in [0, 0.05) is 5.56 Å². The van der Waals surface area contributed by atoms with Gasteiger partial charge >= 0.3 is 11.6 Å². The van der Waals surface area contributed by atoms with Gasteiger partial charge in [-0.2, -0.15) is 4.98 Å². The summed E-state index contributed by atoms with van der Waals surface area (Å²) in [5, 5.41) is 19.8. The largest absolute Gasteiger partial charge is 0.433 e. The van der Waals surface area contributed by atoms with E-state index in [4.69, 9.17) is 21.4 Å². The molecule has 0 aliphatic carbocycles. The van der Waals surface area contributed by atoms with Gasteiger partial charge in [-0.1, -0.05) is 18.2 Å². The number of aliphatic hydroxyl groups excluding tert-OH is 1. The molecule has 2 rings (SSSR count). The second kappa shape index (κ2) is 5.59. The van der Waals surface area contributed by atoms with Crippen LogP contribution >= 0.6 is 11.6 Å². The Morgan fingerprint density at radius 3 is 2.84 bits per heavy atom. The van der Waals surface area contributed by atoms with Gasteiger partial charge in [0.05, 0.1) is 11.5 Å². The molecule has 0 saturated heterocycles. The van der Waals surface area contributed by atoms with Gasteiger partial charge in [0.1, 0.15) is 11.9 Å². The van der Waals surface area contributed by atoms with Crippen LogP contribution in [0.3, 0.4) is 0 Å². The van der Waals surface area contributed by atoms with Crippen LogP contribution < -0.4 is 4.74 Å². The highest BCUT2D eigenvalue weighted by atomic mass is 35.5. The maximum absolute atomic E-state index is 10.8. The predicted octanol–water partition coefficient (Wildman–Crippen LogP) is 2.32. The van der Waals surface area contributed by atoms with Crippen molar-refractivity contribution in [1.29, 1.82) is 0 Å². The Hall–Kier alpha value is -2.25. The zero-order valence-electron chi connectivity index (χ0n) is 9.49. The number of para-hydroxylation sites is 1. The Morgan fingerprint density at radius 1 is 1.42 bits per heavy atom. The maximum Gasteiger partial charge on any atom is 0.349 e. The van der Waals surface area contributed by atoms with E-state index in [9.17, 15) is 10.1 Å². The van der Waals surface area contributed by atoms with Gasteiger partial charge in [-0.15, -0.1) is 0 Å². The summed E-state index contributed by atoms with van der Waals surface area (Å²) in [5.74, 6) is -0.00577. The molecule has 1 heterocycles. The minimum Gasteiger partial charge on any atom is -0.433 e. The van der Waals surface area contributed by atoms with Crippen molar-refractivity contribution in [1.82, 2.24) is 9.97 Å². The van der Waals surface area contributed by atoms with E-state index in [0.717, 1.165) is 6.20 Å². The lowest BCUT2D eigenvalue weighted by molar-refractivity contribution is -0.386. The first-order valence-electron chi connectivity index (χ1n) is 5.15. The number of aliphatic hydroxyl groups is 1. The summed E-state index contributed by atoms with van der Waals surface area (Å²) in [7, 11) is 0. The average Bonchev–Trinajstić information content (AvgIpc) is 2.39. The number of benzene rings is 1. The summed E-state index contributed by atoms with van der Waals surface area (Å²) >= 11 is 5.59. The van der Waals surface area contributed by atoms with E-state index in [-0.39, 0.29) is 23.5 Å². The molecule has 1 N–H and O–H groups in total. The number of nitrogens with zero attached hydrogens (tertiary/aromatic N) is 3. The van der Waals surface area contributed by atoms with Crippen LogP contribution in [0.5, 0.6) is 11.6 Å². The number of halogens is 1. The first-order valence-corrected chi connectivity index (χ1v) is 5.53. The fraction of sp³-hybridized carbons (Fsp3) is 0.0909. The molecule has 0 radical (unpaired) electrons. The van der Waals surface area contributed by atoms with Crippen molar-refractivity contribution in [3.63, 3.8) is 0 Å². The summed E-state index contributed by atoms with van der Waals surface area (Å²) < 4.78 is 5.34. The predicted molar refractivity (Wildman–Crippen MR) is 66.1 cm³/mol. The smallest absolute Gasteiger partial charge is 0.349 e. The van der Waals surface area contributed by atoms with E-state index in [1.165, 1.54) is 0 Å². The quantitative estimate of drug-likeness (QED) is 0.524. The lowest BCUT2D eigenvalue weighted by Crippen LogP contribution is -1.99. The van der Waals surface area contributed by atoms with Gasteiger partial charge < -0.3 is 9.84 Å². The molecule has 19 heavy (non-hydrogen) atoms. The molecule has 0 aliphatic rings. The van der Waals surface area contributed by atoms with Crippen molar-refractivity contribution in [2.24, 2.45) is 0 Å². The van der Waals surface area contributed by atoms with Crippen molar-refractivity contribution < 1.29 is 14.8 Å². The van der Waals surface area contributed by atoms with Crippen LogP contribution in [0.1, 0.15) is 5.56 Å². The molecule has 7 nitrogen and oxygen atoms in total. The first kappa shape index (κ1) is 13.2. The summed E-state index contributed by atoms with van der Waals surface area (Å²) in [6.45, 7) is -0.261. The summed E-state index contributed by atoms with van der Waals surface area (Å²) in [6, 6.07) is 6.57.